The van der Waals surface area contributed by atoms with Crippen molar-refractivity contribution >= 4 is 11.6 Å². The Morgan fingerprint density at radius 1 is 1.35 bits per heavy atom. The van der Waals surface area contributed by atoms with Crippen LogP contribution in [-0.2, 0) is 0 Å². The summed E-state index contributed by atoms with van der Waals surface area (Å²) in [6, 6.07) is 0. The van der Waals surface area contributed by atoms with E-state index in [4.69, 9.17) is 10.6 Å². The van der Waals surface area contributed by atoms with Gasteiger partial charge in [-0.15, -0.1) is 0 Å². The van der Waals surface area contributed by atoms with Crippen LogP contribution in [0.2, 0.25) is 0 Å². The van der Waals surface area contributed by atoms with Crippen molar-refractivity contribution in [3.63, 3.8) is 0 Å². The number of nitrogens with zero attached hydrogens (tertiary/aromatic N) is 2. The molecule has 1 saturated carbocycles. The van der Waals surface area contributed by atoms with E-state index in [1.807, 2.05) is 0 Å². The first-order valence-electron chi connectivity index (χ1n) is 7.34. The Labute approximate surface area is 120 Å². The largest absolute Gasteiger partial charge is 0.490 e. The minimum absolute atomic E-state index is 0.497. The summed E-state index contributed by atoms with van der Waals surface area (Å²) in [4.78, 5) is 8.24. The van der Waals surface area contributed by atoms with Crippen LogP contribution in [-0.4, -0.2) is 23.6 Å². The van der Waals surface area contributed by atoms with Crippen molar-refractivity contribution in [3.8, 4) is 5.75 Å². The number of rotatable bonds is 6. The lowest BCUT2D eigenvalue weighted by molar-refractivity contribution is 0.274. The Morgan fingerprint density at radius 2 is 2.15 bits per heavy atom. The molecule has 1 fully saturated rings. The van der Waals surface area contributed by atoms with Crippen LogP contribution in [0.4, 0.5) is 11.6 Å². The van der Waals surface area contributed by atoms with Gasteiger partial charge in [0.05, 0.1) is 7.11 Å². The monoisotopic (exact) mass is 279 g/mol. The minimum Gasteiger partial charge on any atom is -0.490 e. The van der Waals surface area contributed by atoms with Gasteiger partial charge in [-0.3, -0.25) is 0 Å². The maximum Gasteiger partial charge on any atom is 0.205 e. The molecule has 0 spiro atoms. The van der Waals surface area contributed by atoms with Gasteiger partial charge in [0, 0.05) is 6.54 Å². The molecular weight excluding hydrogens is 254 g/mol. The van der Waals surface area contributed by atoms with Crippen molar-refractivity contribution < 1.29 is 4.74 Å². The van der Waals surface area contributed by atoms with Gasteiger partial charge in [-0.05, 0) is 24.7 Å². The van der Waals surface area contributed by atoms with Gasteiger partial charge in [0.2, 0.25) is 5.75 Å². The fourth-order valence-corrected chi connectivity index (χ4v) is 3.01. The van der Waals surface area contributed by atoms with Crippen molar-refractivity contribution in [1.29, 1.82) is 0 Å². The lowest BCUT2D eigenvalue weighted by Crippen LogP contribution is -2.17. The molecule has 112 valence electrons. The molecule has 0 amide bonds. The molecule has 4 N–H and O–H groups in total. The summed E-state index contributed by atoms with van der Waals surface area (Å²) in [5, 5.41) is 3.33. The highest BCUT2D eigenvalue weighted by atomic mass is 16.5. The zero-order valence-corrected chi connectivity index (χ0v) is 12.4. The van der Waals surface area contributed by atoms with Crippen molar-refractivity contribution in [1.82, 2.24) is 9.97 Å². The maximum absolute atomic E-state index is 5.41. The highest BCUT2D eigenvalue weighted by molar-refractivity contribution is 5.62. The number of methoxy groups -OCH3 is 1. The third-order valence-corrected chi connectivity index (χ3v) is 4.03. The summed E-state index contributed by atoms with van der Waals surface area (Å²) in [6.45, 7) is 3.25. The molecule has 6 heteroatoms. The Balaban J connectivity index is 1.87. The number of hydrazine groups is 1. The van der Waals surface area contributed by atoms with Gasteiger partial charge >= 0.3 is 0 Å². The van der Waals surface area contributed by atoms with Crippen LogP contribution >= 0.6 is 0 Å². The van der Waals surface area contributed by atoms with Crippen molar-refractivity contribution in [2.75, 3.05) is 24.4 Å². The van der Waals surface area contributed by atoms with Gasteiger partial charge in [0.25, 0.3) is 0 Å². The van der Waals surface area contributed by atoms with Crippen LogP contribution in [0.5, 0.6) is 5.75 Å². The topological polar surface area (TPSA) is 85.1 Å². The predicted molar refractivity (Wildman–Crippen MR) is 80.6 cm³/mol. The van der Waals surface area contributed by atoms with E-state index in [0.29, 0.717) is 17.4 Å². The van der Waals surface area contributed by atoms with Crippen LogP contribution in [0.3, 0.4) is 0 Å². The molecule has 0 bridgehead atoms. The Bertz CT molecular complexity index is 426. The molecule has 0 aromatic carbocycles. The summed E-state index contributed by atoms with van der Waals surface area (Å²) in [6.07, 6.45) is 8.09. The molecule has 1 aromatic rings. The average Bonchev–Trinajstić information content (AvgIpc) is 2.47. The minimum atomic E-state index is 0.497. The van der Waals surface area contributed by atoms with E-state index < -0.39 is 0 Å². The molecule has 1 aliphatic rings. The van der Waals surface area contributed by atoms with E-state index in [0.717, 1.165) is 18.4 Å². The Hall–Kier alpha value is -1.56. The van der Waals surface area contributed by atoms with E-state index in [9.17, 15) is 0 Å². The quantitative estimate of drug-likeness (QED) is 0.547. The lowest BCUT2D eigenvalue weighted by atomic mass is 9.81. The molecule has 0 radical (unpaired) electrons. The normalized spacial score (nSPS) is 22.4. The van der Waals surface area contributed by atoms with Gasteiger partial charge in [0.1, 0.15) is 6.33 Å². The van der Waals surface area contributed by atoms with Crippen LogP contribution in [0.1, 0.15) is 39.0 Å². The first kappa shape index (κ1) is 14.8. The standard InChI is InChI=1S/C14H25N5O/c1-10-4-3-5-11(8-10)6-7-16-13-12(20-2)14(19-15)18-9-17-13/h9-11H,3-8,15H2,1-2H3,(H2,16,17,18,19). The number of anilines is 2. The van der Waals surface area contributed by atoms with Gasteiger partial charge in [-0.1, -0.05) is 26.2 Å². The van der Waals surface area contributed by atoms with E-state index in [1.165, 1.54) is 38.4 Å². The third kappa shape index (κ3) is 3.72. The molecule has 1 aromatic heterocycles. The highest BCUT2D eigenvalue weighted by Gasteiger charge is 2.18. The van der Waals surface area contributed by atoms with Crippen LogP contribution in [0.25, 0.3) is 0 Å². The second kappa shape index (κ2) is 7.28. The van der Waals surface area contributed by atoms with Crippen LogP contribution < -0.4 is 21.3 Å². The molecule has 1 aliphatic carbocycles. The molecule has 0 saturated heterocycles. The SMILES string of the molecule is COc1c(NN)ncnc1NCCC1CCCC(C)C1. The maximum atomic E-state index is 5.41. The fourth-order valence-electron chi connectivity index (χ4n) is 3.01. The molecule has 2 unspecified atom stereocenters. The van der Waals surface area contributed by atoms with Crippen molar-refractivity contribution in [2.24, 2.45) is 17.7 Å². The molecule has 2 rings (SSSR count). The number of hydrogen-bond donors (Lipinski definition) is 3. The van der Waals surface area contributed by atoms with E-state index >= 15 is 0 Å². The number of nitrogen functional groups attached to an aromatic ring is 1. The van der Waals surface area contributed by atoms with Crippen molar-refractivity contribution in [2.45, 2.75) is 39.0 Å². The second-order valence-electron chi connectivity index (χ2n) is 5.60. The Kier molecular flexibility index (Phi) is 5.40. The average molecular weight is 279 g/mol. The third-order valence-electron chi connectivity index (χ3n) is 4.03. The predicted octanol–water partition coefficient (Wildman–Crippen LogP) is 2.40. The second-order valence-corrected chi connectivity index (χ2v) is 5.60. The number of nitrogens with one attached hydrogen (secondary N) is 2. The number of nitrogens with two attached hydrogens (primary N) is 1. The molecule has 20 heavy (non-hydrogen) atoms. The summed E-state index contributed by atoms with van der Waals surface area (Å²) < 4.78 is 5.30. The number of ether oxygens (including phenoxy) is 1. The zero-order valence-electron chi connectivity index (χ0n) is 12.4. The summed E-state index contributed by atoms with van der Waals surface area (Å²) >= 11 is 0. The fraction of sp³-hybridized carbons (Fsp3) is 0.714. The van der Waals surface area contributed by atoms with Gasteiger partial charge in [-0.2, -0.15) is 0 Å². The van der Waals surface area contributed by atoms with Crippen LogP contribution in [0, 0.1) is 11.8 Å². The summed E-state index contributed by atoms with van der Waals surface area (Å²) in [5.74, 6) is 8.86. The molecule has 1 heterocycles. The first-order valence-corrected chi connectivity index (χ1v) is 7.34. The zero-order chi connectivity index (χ0) is 14.4. The highest BCUT2D eigenvalue weighted by Crippen LogP contribution is 2.31. The Morgan fingerprint density at radius 3 is 2.85 bits per heavy atom. The molecular formula is C14H25N5O. The molecule has 6 nitrogen and oxygen atoms in total. The van der Waals surface area contributed by atoms with Gasteiger partial charge < -0.3 is 15.5 Å². The first-order chi connectivity index (χ1) is 9.74. The summed E-state index contributed by atoms with van der Waals surface area (Å²) in [5.41, 5.74) is 2.52. The van der Waals surface area contributed by atoms with Gasteiger partial charge in [-0.25, -0.2) is 15.8 Å². The van der Waals surface area contributed by atoms with Crippen LogP contribution in [0.15, 0.2) is 6.33 Å². The van der Waals surface area contributed by atoms with E-state index in [2.05, 4.69) is 27.6 Å². The van der Waals surface area contributed by atoms with Crippen molar-refractivity contribution in [3.05, 3.63) is 6.33 Å². The van der Waals surface area contributed by atoms with E-state index in [1.54, 1.807) is 7.11 Å². The summed E-state index contributed by atoms with van der Waals surface area (Å²) in [7, 11) is 1.59. The molecule has 2 atom stereocenters. The molecule has 0 aliphatic heterocycles. The lowest BCUT2D eigenvalue weighted by Gasteiger charge is -2.26. The van der Waals surface area contributed by atoms with Gasteiger partial charge in [0.15, 0.2) is 11.6 Å². The number of aromatic nitrogens is 2. The van der Waals surface area contributed by atoms with E-state index in [-0.39, 0.29) is 0 Å². The number of hydrogen-bond acceptors (Lipinski definition) is 6. The smallest absolute Gasteiger partial charge is 0.205 e.